The van der Waals surface area contributed by atoms with Gasteiger partial charge in [0.2, 0.25) is 0 Å². The number of carbonyl (C=O) groups is 1. The number of benzene rings is 2. The summed E-state index contributed by atoms with van der Waals surface area (Å²) in [7, 11) is 0. The van der Waals surface area contributed by atoms with Crippen molar-refractivity contribution < 1.29 is 4.79 Å². The van der Waals surface area contributed by atoms with E-state index in [1.807, 2.05) is 12.1 Å². The summed E-state index contributed by atoms with van der Waals surface area (Å²) < 4.78 is 0. The van der Waals surface area contributed by atoms with Crippen LogP contribution in [0.25, 0.3) is 0 Å². The number of nitrogen functional groups attached to an aromatic ring is 1. The van der Waals surface area contributed by atoms with Crippen LogP contribution in [0.5, 0.6) is 0 Å². The third-order valence-corrected chi connectivity index (χ3v) is 3.45. The molecule has 3 nitrogen and oxygen atoms in total. The minimum absolute atomic E-state index is 0.260. The highest BCUT2D eigenvalue weighted by molar-refractivity contribution is 6.43. The first-order valence-electron chi connectivity index (χ1n) is 5.64. The molecule has 0 aliphatic heterocycles. The van der Waals surface area contributed by atoms with Gasteiger partial charge in [-0.25, -0.2) is 0 Å². The van der Waals surface area contributed by atoms with Gasteiger partial charge >= 0.3 is 0 Å². The van der Waals surface area contributed by atoms with Crippen molar-refractivity contribution >= 4 is 34.8 Å². The Morgan fingerprint density at radius 1 is 1.11 bits per heavy atom. The molecule has 0 bridgehead atoms. The number of rotatable bonds is 3. The molecule has 5 heteroatoms. The molecule has 2 aromatic carbocycles. The summed E-state index contributed by atoms with van der Waals surface area (Å²) in [5.74, 6) is -0.260. The zero-order valence-electron chi connectivity index (χ0n) is 9.99. The second kappa shape index (κ2) is 5.95. The van der Waals surface area contributed by atoms with Gasteiger partial charge in [0.05, 0.1) is 15.6 Å². The second-order valence-corrected chi connectivity index (χ2v) is 4.81. The highest BCUT2D eigenvalue weighted by Gasteiger charge is 2.11. The van der Waals surface area contributed by atoms with E-state index in [0.717, 1.165) is 5.56 Å². The number of halogens is 2. The van der Waals surface area contributed by atoms with E-state index in [4.69, 9.17) is 28.9 Å². The van der Waals surface area contributed by atoms with Crippen molar-refractivity contribution in [3.63, 3.8) is 0 Å². The predicted molar refractivity (Wildman–Crippen MR) is 78.5 cm³/mol. The third kappa shape index (κ3) is 3.40. The Hall–Kier alpha value is -1.71. The van der Waals surface area contributed by atoms with Crippen LogP contribution in [0, 0.1) is 0 Å². The summed E-state index contributed by atoms with van der Waals surface area (Å²) in [4.78, 5) is 12.0. The highest BCUT2D eigenvalue weighted by atomic mass is 35.5. The molecule has 0 saturated carbocycles. The molecular formula is C14H12Cl2N2O. The summed E-state index contributed by atoms with van der Waals surface area (Å²) in [6, 6.07) is 12.2. The summed E-state index contributed by atoms with van der Waals surface area (Å²) in [5, 5.41) is 3.41. The Bertz CT molecular complexity index is 597. The third-order valence-electron chi connectivity index (χ3n) is 2.63. The zero-order chi connectivity index (χ0) is 13.8. The molecule has 2 rings (SSSR count). The monoisotopic (exact) mass is 294 g/mol. The van der Waals surface area contributed by atoms with Crippen molar-refractivity contribution in [3.8, 4) is 0 Å². The standard InChI is InChI=1S/C14H12Cl2N2O/c15-12-3-1-2-11(13(12)16)14(19)18-8-9-4-6-10(17)7-5-9/h1-7H,8,17H2,(H,18,19). The number of carbonyl (C=O) groups excluding carboxylic acids is 1. The number of hydrogen-bond acceptors (Lipinski definition) is 2. The van der Waals surface area contributed by atoms with Gasteiger partial charge in [-0.15, -0.1) is 0 Å². The van der Waals surface area contributed by atoms with Crippen molar-refractivity contribution in [1.29, 1.82) is 0 Å². The van der Waals surface area contributed by atoms with E-state index in [2.05, 4.69) is 5.32 Å². The number of anilines is 1. The lowest BCUT2D eigenvalue weighted by atomic mass is 10.2. The fourth-order valence-corrected chi connectivity index (χ4v) is 1.98. The maximum atomic E-state index is 12.0. The van der Waals surface area contributed by atoms with Crippen LogP contribution in [0.3, 0.4) is 0 Å². The van der Waals surface area contributed by atoms with Crippen LogP contribution < -0.4 is 11.1 Å². The van der Waals surface area contributed by atoms with Gasteiger partial charge in [-0.1, -0.05) is 41.4 Å². The lowest BCUT2D eigenvalue weighted by molar-refractivity contribution is 0.0951. The summed E-state index contributed by atoms with van der Waals surface area (Å²) in [6.07, 6.45) is 0. The molecule has 0 aromatic heterocycles. The van der Waals surface area contributed by atoms with Crippen LogP contribution in [0.15, 0.2) is 42.5 Å². The summed E-state index contributed by atoms with van der Waals surface area (Å²) >= 11 is 11.8. The second-order valence-electron chi connectivity index (χ2n) is 4.03. The van der Waals surface area contributed by atoms with Crippen LogP contribution >= 0.6 is 23.2 Å². The maximum absolute atomic E-state index is 12.0. The number of amides is 1. The molecular weight excluding hydrogens is 283 g/mol. The molecule has 0 saturated heterocycles. The van der Waals surface area contributed by atoms with Crippen molar-refractivity contribution in [1.82, 2.24) is 5.32 Å². The van der Waals surface area contributed by atoms with E-state index in [1.165, 1.54) is 0 Å². The lowest BCUT2D eigenvalue weighted by Crippen LogP contribution is -2.23. The first-order chi connectivity index (χ1) is 9.08. The first-order valence-corrected chi connectivity index (χ1v) is 6.40. The van der Waals surface area contributed by atoms with E-state index >= 15 is 0 Å². The minimum Gasteiger partial charge on any atom is -0.399 e. The van der Waals surface area contributed by atoms with Crippen LogP contribution in [0.1, 0.15) is 15.9 Å². The largest absolute Gasteiger partial charge is 0.399 e. The van der Waals surface area contributed by atoms with Crippen molar-refractivity contribution in [2.45, 2.75) is 6.54 Å². The van der Waals surface area contributed by atoms with Gasteiger partial charge in [0.1, 0.15) is 0 Å². The molecule has 0 spiro atoms. The lowest BCUT2D eigenvalue weighted by Gasteiger charge is -2.08. The average Bonchev–Trinajstić information content (AvgIpc) is 2.41. The fraction of sp³-hybridized carbons (Fsp3) is 0.0714. The van der Waals surface area contributed by atoms with Crippen LogP contribution in [-0.4, -0.2) is 5.91 Å². The minimum atomic E-state index is -0.260. The number of hydrogen-bond donors (Lipinski definition) is 2. The van der Waals surface area contributed by atoms with Gasteiger partial charge < -0.3 is 11.1 Å². The molecule has 0 unspecified atom stereocenters. The van der Waals surface area contributed by atoms with Gasteiger partial charge in [0.15, 0.2) is 0 Å². The van der Waals surface area contributed by atoms with Crippen LogP contribution in [0.4, 0.5) is 5.69 Å². The average molecular weight is 295 g/mol. The first kappa shape index (κ1) is 13.7. The Morgan fingerprint density at radius 3 is 2.47 bits per heavy atom. The normalized spacial score (nSPS) is 10.2. The van der Waals surface area contributed by atoms with E-state index in [0.29, 0.717) is 22.8 Å². The Morgan fingerprint density at radius 2 is 1.79 bits per heavy atom. The van der Waals surface area contributed by atoms with Gasteiger partial charge in [-0.3, -0.25) is 4.79 Å². The van der Waals surface area contributed by atoms with Crippen molar-refractivity contribution in [2.24, 2.45) is 0 Å². The molecule has 98 valence electrons. The van der Waals surface area contributed by atoms with E-state index < -0.39 is 0 Å². The highest BCUT2D eigenvalue weighted by Crippen LogP contribution is 2.25. The van der Waals surface area contributed by atoms with E-state index in [-0.39, 0.29) is 10.9 Å². The molecule has 0 atom stereocenters. The summed E-state index contributed by atoms with van der Waals surface area (Å²) in [5.41, 5.74) is 7.60. The zero-order valence-corrected chi connectivity index (χ0v) is 11.5. The maximum Gasteiger partial charge on any atom is 0.253 e. The Kier molecular flexibility index (Phi) is 4.30. The molecule has 0 heterocycles. The van der Waals surface area contributed by atoms with Crippen molar-refractivity contribution in [3.05, 3.63) is 63.6 Å². The molecule has 0 fully saturated rings. The molecule has 2 aromatic rings. The molecule has 3 N–H and O–H groups in total. The molecule has 19 heavy (non-hydrogen) atoms. The van der Waals surface area contributed by atoms with Gasteiger partial charge in [-0.2, -0.15) is 0 Å². The van der Waals surface area contributed by atoms with E-state index in [1.54, 1.807) is 30.3 Å². The fourth-order valence-electron chi connectivity index (χ4n) is 1.59. The Labute approximate surface area is 121 Å². The Balaban J connectivity index is 2.05. The topological polar surface area (TPSA) is 55.1 Å². The predicted octanol–water partition coefficient (Wildman–Crippen LogP) is 3.51. The smallest absolute Gasteiger partial charge is 0.253 e. The van der Waals surface area contributed by atoms with Gasteiger partial charge in [-0.05, 0) is 29.8 Å². The van der Waals surface area contributed by atoms with Crippen LogP contribution in [-0.2, 0) is 6.54 Å². The SMILES string of the molecule is Nc1ccc(CNC(=O)c2cccc(Cl)c2Cl)cc1. The molecule has 0 aliphatic carbocycles. The number of nitrogens with two attached hydrogens (primary N) is 1. The van der Waals surface area contributed by atoms with E-state index in [9.17, 15) is 4.79 Å². The number of nitrogens with one attached hydrogen (secondary N) is 1. The molecule has 0 radical (unpaired) electrons. The van der Waals surface area contributed by atoms with Gasteiger partial charge in [0.25, 0.3) is 5.91 Å². The molecule has 0 aliphatic rings. The van der Waals surface area contributed by atoms with Gasteiger partial charge in [0, 0.05) is 12.2 Å². The van der Waals surface area contributed by atoms with Crippen molar-refractivity contribution in [2.75, 3.05) is 5.73 Å². The summed E-state index contributed by atoms with van der Waals surface area (Å²) in [6.45, 7) is 0.405. The van der Waals surface area contributed by atoms with Crippen LogP contribution in [0.2, 0.25) is 10.0 Å². The molecule has 1 amide bonds. The quantitative estimate of drug-likeness (QED) is 0.851.